The average Bonchev–Trinajstić information content (AvgIpc) is 2.75. The summed E-state index contributed by atoms with van der Waals surface area (Å²) in [6.45, 7) is 6.43. The van der Waals surface area contributed by atoms with Gasteiger partial charge >= 0.3 is 11.8 Å². The van der Waals surface area contributed by atoms with Crippen LogP contribution in [0.4, 0.5) is 5.69 Å². The highest BCUT2D eigenvalue weighted by Crippen LogP contribution is 2.22. The molecule has 0 aromatic heterocycles. The van der Waals surface area contributed by atoms with Gasteiger partial charge in [0.2, 0.25) is 0 Å². The van der Waals surface area contributed by atoms with Crippen LogP contribution >= 0.6 is 0 Å². The van der Waals surface area contributed by atoms with Crippen molar-refractivity contribution in [1.82, 2.24) is 10.3 Å². The highest BCUT2D eigenvalue weighted by molar-refractivity contribution is 6.39. The third-order valence-electron chi connectivity index (χ3n) is 5.18. The van der Waals surface area contributed by atoms with E-state index in [1.165, 1.54) is 19.3 Å². The van der Waals surface area contributed by atoms with Gasteiger partial charge in [-0.05, 0) is 75.7 Å². The van der Waals surface area contributed by atoms with Crippen molar-refractivity contribution < 1.29 is 14.7 Å². The number of nitrogens with zero attached hydrogens (tertiary/aromatic N) is 2. The zero-order valence-electron chi connectivity index (χ0n) is 17.4. The minimum absolute atomic E-state index is 0.249. The number of hydrazone groups is 1. The number of phenolic OH excluding ortho intramolecular Hbond substituents is 1. The molecule has 7 heteroatoms. The summed E-state index contributed by atoms with van der Waals surface area (Å²) in [4.78, 5) is 26.4. The first kappa shape index (κ1) is 21.5. The molecule has 0 spiro atoms. The van der Waals surface area contributed by atoms with Crippen molar-refractivity contribution in [2.45, 2.75) is 39.7 Å². The number of nitrogens with one attached hydrogen (secondary N) is 2. The summed E-state index contributed by atoms with van der Waals surface area (Å²) < 4.78 is 0. The largest absolute Gasteiger partial charge is 0.508 e. The predicted molar refractivity (Wildman–Crippen MR) is 117 cm³/mol. The Morgan fingerprint density at radius 3 is 2.43 bits per heavy atom. The van der Waals surface area contributed by atoms with Gasteiger partial charge in [-0.3, -0.25) is 14.5 Å². The number of piperidine rings is 1. The second-order valence-corrected chi connectivity index (χ2v) is 7.64. The van der Waals surface area contributed by atoms with E-state index < -0.39 is 11.8 Å². The standard InChI is InChI=1S/C23H28N4O3/c1-16-6-9-20(10-7-16)24-22(29)23(30)26-25-17(2)18-8-11-21(28)19(14-18)15-27-12-4-3-5-13-27/h6-11,14,28H,3-5,12-13,15H2,1-2H3,(H,24,29)(H,26,30)/b25-17+. The van der Waals surface area contributed by atoms with Gasteiger partial charge in [0.1, 0.15) is 5.75 Å². The van der Waals surface area contributed by atoms with E-state index in [0.29, 0.717) is 17.9 Å². The van der Waals surface area contributed by atoms with Gasteiger partial charge < -0.3 is 10.4 Å². The van der Waals surface area contributed by atoms with Crippen LogP contribution < -0.4 is 10.7 Å². The first-order valence-electron chi connectivity index (χ1n) is 10.2. The molecule has 2 amide bonds. The molecule has 1 saturated heterocycles. The van der Waals surface area contributed by atoms with Crippen molar-refractivity contribution in [2.24, 2.45) is 5.10 Å². The summed E-state index contributed by atoms with van der Waals surface area (Å²) in [6.07, 6.45) is 3.61. The van der Waals surface area contributed by atoms with Crippen LogP contribution in [0, 0.1) is 6.92 Å². The molecule has 1 aliphatic heterocycles. The van der Waals surface area contributed by atoms with Gasteiger partial charge in [0, 0.05) is 17.8 Å². The smallest absolute Gasteiger partial charge is 0.329 e. The van der Waals surface area contributed by atoms with E-state index in [0.717, 1.165) is 29.8 Å². The molecule has 1 heterocycles. The van der Waals surface area contributed by atoms with E-state index in [4.69, 9.17) is 0 Å². The summed E-state index contributed by atoms with van der Waals surface area (Å²) >= 11 is 0. The maximum atomic E-state index is 12.1. The third-order valence-corrected chi connectivity index (χ3v) is 5.18. The highest BCUT2D eigenvalue weighted by atomic mass is 16.3. The summed E-state index contributed by atoms with van der Waals surface area (Å²) in [7, 11) is 0. The molecule has 3 rings (SSSR count). The van der Waals surface area contributed by atoms with Gasteiger partial charge in [0.15, 0.2) is 0 Å². The number of carbonyl (C=O) groups is 2. The molecule has 0 atom stereocenters. The van der Waals surface area contributed by atoms with Crippen LogP contribution in [0.1, 0.15) is 42.9 Å². The highest BCUT2D eigenvalue weighted by Gasteiger charge is 2.15. The summed E-state index contributed by atoms with van der Waals surface area (Å²) in [5, 5.41) is 16.8. The van der Waals surface area contributed by atoms with Crippen molar-refractivity contribution in [2.75, 3.05) is 18.4 Å². The number of aryl methyl sites for hydroxylation is 1. The first-order chi connectivity index (χ1) is 14.4. The van der Waals surface area contributed by atoms with Gasteiger partial charge in [-0.1, -0.05) is 24.1 Å². The summed E-state index contributed by atoms with van der Waals surface area (Å²) in [6, 6.07) is 12.4. The lowest BCUT2D eigenvalue weighted by atomic mass is 10.0. The van der Waals surface area contributed by atoms with Crippen molar-refractivity contribution in [1.29, 1.82) is 0 Å². The molecule has 2 aromatic rings. The van der Waals surface area contributed by atoms with Gasteiger partial charge in [0.25, 0.3) is 0 Å². The molecule has 1 fully saturated rings. The molecular weight excluding hydrogens is 380 g/mol. The second kappa shape index (κ2) is 10.0. The van der Waals surface area contributed by atoms with E-state index in [1.54, 1.807) is 31.2 Å². The van der Waals surface area contributed by atoms with Gasteiger partial charge in [-0.25, -0.2) is 5.43 Å². The van der Waals surface area contributed by atoms with Crippen LogP contribution in [0.25, 0.3) is 0 Å². The average molecular weight is 409 g/mol. The van der Waals surface area contributed by atoms with Crippen LogP contribution in [0.2, 0.25) is 0 Å². The monoisotopic (exact) mass is 408 g/mol. The number of phenols is 1. The van der Waals surface area contributed by atoms with Gasteiger partial charge in [-0.15, -0.1) is 0 Å². The molecule has 2 aromatic carbocycles. The Balaban J connectivity index is 1.61. The van der Waals surface area contributed by atoms with E-state index in [1.807, 2.05) is 25.1 Å². The molecule has 0 radical (unpaired) electrons. The zero-order chi connectivity index (χ0) is 21.5. The SMILES string of the molecule is C/C(=N\NC(=O)C(=O)Nc1ccc(C)cc1)c1ccc(O)c(CN2CCCCC2)c1. The lowest BCUT2D eigenvalue weighted by molar-refractivity contribution is -0.136. The first-order valence-corrected chi connectivity index (χ1v) is 10.2. The van der Waals surface area contributed by atoms with Gasteiger partial charge in [-0.2, -0.15) is 5.10 Å². The number of hydrogen-bond acceptors (Lipinski definition) is 5. The molecule has 1 aliphatic rings. The van der Waals surface area contributed by atoms with E-state index >= 15 is 0 Å². The fraction of sp³-hybridized carbons (Fsp3) is 0.348. The quantitative estimate of drug-likeness (QED) is 0.402. The fourth-order valence-corrected chi connectivity index (χ4v) is 3.37. The van der Waals surface area contributed by atoms with Crippen molar-refractivity contribution in [3.63, 3.8) is 0 Å². The molecule has 3 N–H and O–H groups in total. The van der Waals surface area contributed by atoms with E-state index in [-0.39, 0.29) is 5.75 Å². The Hall–Kier alpha value is -3.19. The normalized spacial score (nSPS) is 14.9. The maximum Gasteiger partial charge on any atom is 0.329 e. The van der Waals surface area contributed by atoms with Crippen molar-refractivity contribution in [3.05, 3.63) is 59.2 Å². The second-order valence-electron chi connectivity index (χ2n) is 7.64. The topological polar surface area (TPSA) is 94.0 Å². The van der Waals surface area contributed by atoms with Crippen LogP contribution in [0.5, 0.6) is 5.75 Å². The maximum absolute atomic E-state index is 12.1. The number of aromatic hydroxyl groups is 1. The lowest BCUT2D eigenvalue weighted by Gasteiger charge is -2.26. The fourth-order valence-electron chi connectivity index (χ4n) is 3.37. The minimum atomic E-state index is -0.845. The Morgan fingerprint density at radius 1 is 1.03 bits per heavy atom. The minimum Gasteiger partial charge on any atom is -0.508 e. The Bertz CT molecular complexity index is 932. The molecule has 0 saturated carbocycles. The van der Waals surface area contributed by atoms with E-state index in [9.17, 15) is 14.7 Å². The molecular formula is C23H28N4O3. The van der Waals surface area contributed by atoms with Gasteiger partial charge in [0.05, 0.1) is 5.71 Å². The number of rotatable bonds is 5. The Kier molecular flexibility index (Phi) is 7.19. The van der Waals surface area contributed by atoms with Crippen LogP contribution in [-0.4, -0.2) is 40.6 Å². The number of anilines is 1. The molecule has 30 heavy (non-hydrogen) atoms. The Morgan fingerprint density at radius 2 is 1.73 bits per heavy atom. The van der Waals surface area contributed by atoms with E-state index in [2.05, 4.69) is 20.7 Å². The number of carbonyl (C=O) groups excluding carboxylic acids is 2. The Labute approximate surface area is 176 Å². The molecule has 7 nitrogen and oxygen atoms in total. The van der Waals surface area contributed by atoms with Crippen molar-refractivity contribution >= 4 is 23.2 Å². The van der Waals surface area contributed by atoms with Crippen molar-refractivity contribution in [3.8, 4) is 5.75 Å². The molecule has 0 aliphatic carbocycles. The number of hydrogen-bond donors (Lipinski definition) is 3. The zero-order valence-corrected chi connectivity index (χ0v) is 17.4. The number of benzene rings is 2. The number of likely N-dealkylation sites (tertiary alicyclic amines) is 1. The third kappa shape index (κ3) is 5.90. The summed E-state index contributed by atoms with van der Waals surface area (Å²) in [5.74, 6) is -1.38. The predicted octanol–water partition coefficient (Wildman–Crippen LogP) is 3.17. The number of amides is 2. The molecule has 0 bridgehead atoms. The van der Waals surface area contributed by atoms with Crippen LogP contribution in [-0.2, 0) is 16.1 Å². The van der Waals surface area contributed by atoms with Crippen LogP contribution in [0.3, 0.4) is 0 Å². The molecule has 0 unspecified atom stereocenters. The lowest BCUT2D eigenvalue weighted by Crippen LogP contribution is -2.33. The van der Waals surface area contributed by atoms with Crippen LogP contribution in [0.15, 0.2) is 47.6 Å². The molecule has 158 valence electrons. The summed E-state index contributed by atoms with van der Waals surface area (Å²) in [5.41, 5.74) is 6.05.